The maximum absolute atomic E-state index is 12.2. The summed E-state index contributed by atoms with van der Waals surface area (Å²) in [4.78, 5) is 2.88. The van der Waals surface area contributed by atoms with Gasteiger partial charge in [-0.05, 0) is 39.8 Å². The van der Waals surface area contributed by atoms with Gasteiger partial charge < -0.3 is 52.8 Å². The number of hydrogen-bond donors (Lipinski definition) is 2. The summed E-state index contributed by atoms with van der Waals surface area (Å²) in [5.74, 6) is 0. The molecule has 2 N–H and O–H groups in total. The predicted molar refractivity (Wildman–Crippen MR) is 236 cm³/mol. The Hall–Kier alpha value is -5.03. The number of rotatable bonds is 24. The monoisotopic (exact) mass is 875 g/mol. The van der Waals surface area contributed by atoms with E-state index in [2.05, 4.69) is 10.0 Å². The minimum Gasteiger partial charge on any atom is -0.394 e. The van der Waals surface area contributed by atoms with Crippen molar-refractivity contribution in [2.75, 3.05) is 26.4 Å². The van der Waals surface area contributed by atoms with Crippen molar-refractivity contribution in [3.8, 4) is 0 Å². The highest BCUT2D eigenvalue weighted by Crippen LogP contribution is 2.35. The van der Waals surface area contributed by atoms with Crippen molar-refractivity contribution in [1.29, 1.82) is 0 Å². The number of hydrogen-bond acceptors (Lipinski definition) is 12. The maximum Gasteiger partial charge on any atom is 0.187 e. The highest BCUT2D eigenvalue weighted by Gasteiger charge is 2.54. The number of benzene rings is 5. The summed E-state index contributed by atoms with van der Waals surface area (Å²) in [5, 5.41) is 26.7. The Balaban J connectivity index is 1.23. The van der Waals surface area contributed by atoms with Crippen LogP contribution in [0.2, 0.25) is 0 Å². The lowest BCUT2D eigenvalue weighted by atomic mass is 9.96. The van der Waals surface area contributed by atoms with E-state index < -0.39 is 68.0 Å². The molecule has 0 aliphatic carbocycles. The SMILES string of the molecule is [N-]=[N+]=NCCCO[C@@H]1O[C@H](COCc2ccccc2)[C@@H](O[C@@H]2O[C@H](CO)[C@H](OCc3ccccc3)[C@H](O)[C@H]2OCc2ccccc2)[C@H](OCc2ccccc2)[C@H]1OCc1ccccc1. The minimum atomic E-state index is -1.30. The van der Waals surface area contributed by atoms with Gasteiger partial charge in [0, 0.05) is 18.1 Å². The van der Waals surface area contributed by atoms with Crippen LogP contribution >= 0.6 is 0 Å². The van der Waals surface area contributed by atoms with Crippen molar-refractivity contribution in [1.82, 2.24) is 0 Å². The van der Waals surface area contributed by atoms with Crippen molar-refractivity contribution in [3.63, 3.8) is 0 Å². The molecule has 7 rings (SSSR count). The lowest BCUT2D eigenvalue weighted by molar-refractivity contribution is -0.374. The summed E-state index contributed by atoms with van der Waals surface area (Å²) in [7, 11) is 0. The molecule has 0 radical (unpaired) electrons. The molecule has 0 amide bonds. The number of aliphatic hydroxyl groups excluding tert-OH is 2. The van der Waals surface area contributed by atoms with Crippen molar-refractivity contribution >= 4 is 0 Å². The molecule has 0 spiro atoms. The quantitative estimate of drug-likeness (QED) is 0.0273. The van der Waals surface area contributed by atoms with Crippen molar-refractivity contribution in [3.05, 3.63) is 190 Å². The molecule has 0 aromatic heterocycles. The van der Waals surface area contributed by atoms with Gasteiger partial charge in [0.2, 0.25) is 0 Å². The van der Waals surface area contributed by atoms with E-state index in [-0.39, 0.29) is 52.8 Å². The Bertz CT molecular complexity index is 2090. The van der Waals surface area contributed by atoms with E-state index in [0.717, 1.165) is 27.8 Å². The molecule has 14 nitrogen and oxygen atoms in total. The van der Waals surface area contributed by atoms with Gasteiger partial charge in [-0.1, -0.05) is 157 Å². The first-order chi connectivity index (χ1) is 31.6. The van der Waals surface area contributed by atoms with Crippen molar-refractivity contribution in [2.24, 2.45) is 5.11 Å². The van der Waals surface area contributed by atoms with Crippen LogP contribution in [-0.4, -0.2) is 98.0 Å². The molecule has 14 heteroatoms. The first-order valence-corrected chi connectivity index (χ1v) is 21.7. The second-order valence-corrected chi connectivity index (χ2v) is 15.6. The molecule has 2 fully saturated rings. The van der Waals surface area contributed by atoms with Gasteiger partial charge in [-0.2, -0.15) is 0 Å². The average molecular weight is 876 g/mol. The summed E-state index contributed by atoms with van der Waals surface area (Å²) < 4.78 is 59.7. The summed E-state index contributed by atoms with van der Waals surface area (Å²) in [5.41, 5.74) is 13.4. The summed E-state index contributed by atoms with van der Waals surface area (Å²) >= 11 is 0. The van der Waals surface area contributed by atoms with Crippen LogP contribution in [-0.2, 0) is 75.7 Å². The van der Waals surface area contributed by atoms with E-state index in [1.165, 1.54) is 0 Å². The normalized spacial score (nSPS) is 25.7. The summed E-state index contributed by atoms with van der Waals surface area (Å²) in [6.07, 6.45) is -9.81. The van der Waals surface area contributed by atoms with Gasteiger partial charge >= 0.3 is 0 Å². The Morgan fingerprint density at radius 1 is 0.500 bits per heavy atom. The summed E-state index contributed by atoms with van der Waals surface area (Å²) in [6.45, 7) is 0.910. The molecule has 5 aromatic carbocycles. The first kappa shape index (κ1) is 46.9. The Labute approximate surface area is 374 Å². The van der Waals surface area contributed by atoms with Gasteiger partial charge in [-0.15, -0.1) is 0 Å². The Morgan fingerprint density at radius 2 is 0.938 bits per heavy atom. The number of azide groups is 1. The zero-order valence-electron chi connectivity index (χ0n) is 35.7. The highest BCUT2D eigenvalue weighted by atomic mass is 16.8. The third-order valence-electron chi connectivity index (χ3n) is 11.0. The fraction of sp³-hybridized carbons (Fsp3) is 0.400. The second-order valence-electron chi connectivity index (χ2n) is 15.6. The lowest BCUT2D eigenvalue weighted by Crippen LogP contribution is -2.66. The third kappa shape index (κ3) is 13.7. The predicted octanol–water partition coefficient (Wildman–Crippen LogP) is 7.45. The van der Waals surface area contributed by atoms with E-state index >= 15 is 0 Å². The molecule has 64 heavy (non-hydrogen) atoms. The fourth-order valence-corrected chi connectivity index (χ4v) is 7.68. The lowest BCUT2D eigenvalue weighted by Gasteiger charge is -2.49. The van der Waals surface area contributed by atoms with Crippen molar-refractivity contribution in [2.45, 2.75) is 101 Å². The van der Waals surface area contributed by atoms with E-state index in [4.69, 9.17) is 48.2 Å². The zero-order valence-corrected chi connectivity index (χ0v) is 35.7. The maximum atomic E-state index is 12.2. The first-order valence-electron chi connectivity index (χ1n) is 21.7. The molecule has 2 aliphatic heterocycles. The molecule has 2 aliphatic rings. The van der Waals surface area contributed by atoms with Gasteiger partial charge in [0.15, 0.2) is 12.6 Å². The number of aliphatic hydroxyl groups is 2. The molecule has 0 unspecified atom stereocenters. The Kier molecular flexibility index (Phi) is 18.7. The molecular weight excluding hydrogens is 819 g/mol. The van der Waals surface area contributed by atoms with Crippen LogP contribution in [0.5, 0.6) is 0 Å². The summed E-state index contributed by atoms with van der Waals surface area (Å²) in [6, 6.07) is 48.4. The van der Waals surface area contributed by atoms with Crippen LogP contribution < -0.4 is 0 Å². The van der Waals surface area contributed by atoms with Crippen molar-refractivity contribution < 1.29 is 52.8 Å². The molecule has 5 aromatic rings. The molecule has 338 valence electrons. The fourth-order valence-electron chi connectivity index (χ4n) is 7.68. The van der Waals surface area contributed by atoms with Crippen LogP contribution in [0.3, 0.4) is 0 Å². The van der Waals surface area contributed by atoms with E-state index in [9.17, 15) is 10.2 Å². The van der Waals surface area contributed by atoms with Gasteiger partial charge in [0.1, 0.15) is 48.8 Å². The molecule has 10 atom stereocenters. The second kappa shape index (κ2) is 25.5. The van der Waals surface area contributed by atoms with E-state index in [1.807, 2.05) is 152 Å². The van der Waals surface area contributed by atoms with Crippen LogP contribution in [0.25, 0.3) is 10.4 Å². The topological polar surface area (TPSA) is 172 Å². The van der Waals surface area contributed by atoms with Crippen LogP contribution in [0, 0.1) is 0 Å². The van der Waals surface area contributed by atoms with Crippen LogP contribution in [0.4, 0.5) is 0 Å². The molecular formula is C50H57N3O11. The largest absolute Gasteiger partial charge is 0.394 e. The van der Waals surface area contributed by atoms with Gasteiger partial charge in [0.05, 0.1) is 46.2 Å². The molecule has 0 bridgehead atoms. The standard InChI is InChI=1S/C50H57N3O11/c51-53-52-27-16-28-57-49-48(61-34-40-25-14-5-15-26-40)47(60-33-39-23-12-4-13-24-39)45(42(63-49)35-56-30-36-17-6-1-7-18-36)64-50-46(59-32-38-21-10-3-11-22-38)43(55)44(41(29-54)62-50)58-31-37-19-8-2-9-20-37/h1-15,17-26,41-50,54-55H,16,27-35H2/t41-,42-,43+,44+,45-,46-,47+,48-,49-,50+/m1/s1. The van der Waals surface area contributed by atoms with E-state index in [1.54, 1.807) is 0 Å². The van der Waals surface area contributed by atoms with Crippen LogP contribution in [0.15, 0.2) is 157 Å². The zero-order chi connectivity index (χ0) is 44.2. The minimum absolute atomic E-state index is 0.0335. The van der Waals surface area contributed by atoms with Crippen LogP contribution in [0.1, 0.15) is 34.2 Å². The number of ether oxygens (including phenoxy) is 9. The molecule has 2 heterocycles. The molecule has 2 saturated heterocycles. The average Bonchev–Trinajstić information content (AvgIpc) is 3.34. The molecule has 0 saturated carbocycles. The number of nitrogens with zero attached hydrogens (tertiary/aromatic N) is 3. The third-order valence-corrected chi connectivity index (χ3v) is 11.0. The van der Waals surface area contributed by atoms with Gasteiger partial charge in [0.25, 0.3) is 0 Å². The van der Waals surface area contributed by atoms with Gasteiger partial charge in [-0.3, -0.25) is 0 Å². The smallest absolute Gasteiger partial charge is 0.187 e. The Morgan fingerprint density at radius 3 is 1.42 bits per heavy atom. The highest BCUT2D eigenvalue weighted by molar-refractivity contribution is 5.17. The van der Waals surface area contributed by atoms with E-state index in [0.29, 0.717) is 6.42 Å². The van der Waals surface area contributed by atoms with Gasteiger partial charge in [-0.25, -0.2) is 0 Å².